The normalized spacial score (nSPS) is 17.6. The van der Waals surface area contributed by atoms with Gasteiger partial charge in [-0.2, -0.15) is 0 Å². The highest BCUT2D eigenvalue weighted by molar-refractivity contribution is 5.31. The van der Waals surface area contributed by atoms with Crippen molar-refractivity contribution in [2.75, 3.05) is 6.54 Å². The van der Waals surface area contributed by atoms with Crippen LogP contribution in [0.2, 0.25) is 0 Å². The summed E-state index contributed by atoms with van der Waals surface area (Å²) in [7, 11) is 0. The Bertz CT molecular complexity index is 371. The summed E-state index contributed by atoms with van der Waals surface area (Å²) in [6.07, 6.45) is 4.33. The first-order valence-corrected chi connectivity index (χ1v) is 7.20. The zero-order chi connectivity index (χ0) is 13.0. The third-order valence-corrected chi connectivity index (χ3v) is 3.63. The molecule has 1 unspecified atom stereocenters. The van der Waals surface area contributed by atoms with Gasteiger partial charge in [0.05, 0.1) is 6.10 Å². The molecule has 0 heterocycles. The second-order valence-electron chi connectivity index (χ2n) is 5.47. The van der Waals surface area contributed by atoms with Crippen LogP contribution in [0.15, 0.2) is 24.3 Å². The Balaban J connectivity index is 2.13. The Labute approximate surface area is 111 Å². The monoisotopic (exact) mass is 247 g/mol. The fourth-order valence-corrected chi connectivity index (χ4v) is 2.60. The molecule has 1 aromatic carbocycles. The van der Waals surface area contributed by atoms with Crippen LogP contribution in [0.25, 0.3) is 0 Å². The quantitative estimate of drug-likeness (QED) is 0.822. The molecule has 0 spiro atoms. The smallest absolute Gasteiger partial charge is 0.120 e. The highest BCUT2D eigenvalue weighted by atomic mass is 16.5. The highest BCUT2D eigenvalue weighted by Crippen LogP contribution is 2.38. The topological polar surface area (TPSA) is 21.3 Å². The maximum Gasteiger partial charge on any atom is 0.120 e. The van der Waals surface area contributed by atoms with E-state index in [-0.39, 0.29) is 6.10 Å². The fourth-order valence-electron chi connectivity index (χ4n) is 2.60. The number of hydrogen-bond acceptors (Lipinski definition) is 2. The summed E-state index contributed by atoms with van der Waals surface area (Å²) in [5, 5.41) is 3.63. The van der Waals surface area contributed by atoms with Crippen molar-refractivity contribution in [1.29, 1.82) is 0 Å². The Morgan fingerprint density at radius 3 is 2.67 bits per heavy atom. The van der Waals surface area contributed by atoms with Crippen molar-refractivity contribution >= 4 is 0 Å². The van der Waals surface area contributed by atoms with Crippen LogP contribution in [0.4, 0.5) is 0 Å². The molecule has 1 aliphatic rings. The van der Waals surface area contributed by atoms with Crippen LogP contribution in [0.5, 0.6) is 5.75 Å². The Hall–Kier alpha value is -1.02. The molecule has 0 amide bonds. The predicted octanol–water partition coefficient (Wildman–Crippen LogP) is 3.92. The molecule has 1 N–H and O–H groups in total. The van der Waals surface area contributed by atoms with Crippen LogP contribution in [0.3, 0.4) is 0 Å². The number of benzene rings is 1. The molecule has 100 valence electrons. The lowest BCUT2D eigenvalue weighted by atomic mass is 9.77. The van der Waals surface area contributed by atoms with Crippen molar-refractivity contribution < 1.29 is 4.74 Å². The third-order valence-electron chi connectivity index (χ3n) is 3.63. The zero-order valence-electron chi connectivity index (χ0n) is 11.8. The summed E-state index contributed by atoms with van der Waals surface area (Å²) in [6, 6.07) is 9.08. The maximum atomic E-state index is 5.79. The minimum absolute atomic E-state index is 0.238. The number of hydrogen-bond donors (Lipinski definition) is 1. The van der Waals surface area contributed by atoms with Gasteiger partial charge in [0.25, 0.3) is 0 Å². The zero-order valence-corrected chi connectivity index (χ0v) is 11.8. The van der Waals surface area contributed by atoms with Crippen molar-refractivity contribution in [2.24, 2.45) is 5.92 Å². The molecule has 2 nitrogen and oxygen atoms in total. The first-order valence-electron chi connectivity index (χ1n) is 7.20. The van der Waals surface area contributed by atoms with Gasteiger partial charge in [0.2, 0.25) is 0 Å². The summed E-state index contributed by atoms with van der Waals surface area (Å²) >= 11 is 0. The molecule has 0 radical (unpaired) electrons. The van der Waals surface area contributed by atoms with Crippen LogP contribution in [0, 0.1) is 5.92 Å². The highest BCUT2D eigenvalue weighted by Gasteiger charge is 2.27. The van der Waals surface area contributed by atoms with Crippen LogP contribution < -0.4 is 10.1 Å². The first kappa shape index (κ1) is 13.4. The minimum atomic E-state index is 0.238. The molecular formula is C16H25NO. The van der Waals surface area contributed by atoms with Crippen molar-refractivity contribution in [2.45, 2.75) is 52.2 Å². The molecule has 0 saturated heterocycles. The van der Waals surface area contributed by atoms with Crippen LogP contribution in [-0.2, 0) is 0 Å². The maximum absolute atomic E-state index is 5.79. The number of nitrogens with one attached hydrogen (secondary N) is 1. The Morgan fingerprint density at radius 2 is 2.11 bits per heavy atom. The van der Waals surface area contributed by atoms with Gasteiger partial charge in [-0.15, -0.1) is 0 Å². The van der Waals surface area contributed by atoms with E-state index in [2.05, 4.69) is 44.3 Å². The van der Waals surface area contributed by atoms with E-state index in [1.165, 1.54) is 24.8 Å². The van der Waals surface area contributed by atoms with Crippen LogP contribution in [-0.4, -0.2) is 12.6 Å². The van der Waals surface area contributed by atoms with Gasteiger partial charge in [-0.1, -0.05) is 25.5 Å². The first-order chi connectivity index (χ1) is 8.70. The van der Waals surface area contributed by atoms with Gasteiger partial charge in [-0.25, -0.2) is 0 Å². The van der Waals surface area contributed by atoms with Crippen molar-refractivity contribution in [3.63, 3.8) is 0 Å². The van der Waals surface area contributed by atoms with Gasteiger partial charge in [-0.3, -0.25) is 0 Å². The average molecular weight is 247 g/mol. The van der Waals surface area contributed by atoms with Gasteiger partial charge in [0, 0.05) is 6.04 Å². The summed E-state index contributed by atoms with van der Waals surface area (Å²) in [6.45, 7) is 7.34. The molecule has 0 bridgehead atoms. The van der Waals surface area contributed by atoms with Crippen molar-refractivity contribution in [3.8, 4) is 5.75 Å². The standard InChI is InChI=1S/C16H25NO/c1-4-17-16(13-7-5-8-13)14-9-6-10-15(11-14)18-12(2)3/h6,9-13,16-17H,4-5,7-8H2,1-3H3. The van der Waals surface area contributed by atoms with E-state index in [1.807, 2.05) is 6.07 Å². The van der Waals surface area contributed by atoms with E-state index in [9.17, 15) is 0 Å². The molecule has 1 atom stereocenters. The van der Waals surface area contributed by atoms with E-state index in [1.54, 1.807) is 0 Å². The van der Waals surface area contributed by atoms with Gasteiger partial charge < -0.3 is 10.1 Å². The molecule has 1 aromatic rings. The summed E-state index contributed by atoms with van der Waals surface area (Å²) in [5.41, 5.74) is 1.37. The van der Waals surface area contributed by atoms with Crippen LogP contribution in [0.1, 0.15) is 51.6 Å². The fraction of sp³-hybridized carbons (Fsp3) is 0.625. The largest absolute Gasteiger partial charge is 0.491 e. The average Bonchev–Trinajstić information content (AvgIpc) is 2.25. The molecule has 2 heteroatoms. The molecule has 0 aromatic heterocycles. The Morgan fingerprint density at radius 1 is 1.33 bits per heavy atom. The molecule has 2 rings (SSSR count). The molecule has 1 fully saturated rings. The number of ether oxygens (including phenoxy) is 1. The van der Waals surface area contributed by atoms with Crippen molar-refractivity contribution in [3.05, 3.63) is 29.8 Å². The molecule has 1 aliphatic carbocycles. The second kappa shape index (κ2) is 6.24. The van der Waals surface area contributed by atoms with Gasteiger partial charge >= 0.3 is 0 Å². The van der Waals surface area contributed by atoms with E-state index >= 15 is 0 Å². The van der Waals surface area contributed by atoms with E-state index in [0.717, 1.165) is 18.2 Å². The molecule has 18 heavy (non-hydrogen) atoms. The van der Waals surface area contributed by atoms with Crippen molar-refractivity contribution in [1.82, 2.24) is 5.32 Å². The van der Waals surface area contributed by atoms with Gasteiger partial charge in [0.15, 0.2) is 0 Å². The second-order valence-corrected chi connectivity index (χ2v) is 5.47. The van der Waals surface area contributed by atoms with Crippen LogP contribution >= 0.6 is 0 Å². The number of rotatable bonds is 6. The summed E-state index contributed by atoms with van der Waals surface area (Å²) in [5.74, 6) is 1.80. The molecule has 1 saturated carbocycles. The minimum Gasteiger partial charge on any atom is -0.491 e. The lowest BCUT2D eigenvalue weighted by Crippen LogP contribution is -2.32. The lowest BCUT2D eigenvalue weighted by molar-refractivity contribution is 0.228. The molecular weight excluding hydrogens is 222 g/mol. The predicted molar refractivity (Wildman–Crippen MR) is 76.0 cm³/mol. The van der Waals surface area contributed by atoms with Gasteiger partial charge in [0.1, 0.15) is 5.75 Å². The Kier molecular flexibility index (Phi) is 4.65. The van der Waals surface area contributed by atoms with E-state index < -0.39 is 0 Å². The van der Waals surface area contributed by atoms with Gasteiger partial charge in [-0.05, 0) is 56.8 Å². The summed E-state index contributed by atoms with van der Waals surface area (Å²) < 4.78 is 5.79. The lowest BCUT2D eigenvalue weighted by Gasteiger charge is -2.34. The van der Waals surface area contributed by atoms with E-state index in [4.69, 9.17) is 4.74 Å². The SMILES string of the molecule is CCNC(c1cccc(OC(C)C)c1)C1CCC1. The summed E-state index contributed by atoms with van der Waals surface area (Å²) in [4.78, 5) is 0. The third kappa shape index (κ3) is 3.26. The van der Waals surface area contributed by atoms with E-state index in [0.29, 0.717) is 6.04 Å². The molecule has 0 aliphatic heterocycles.